The summed E-state index contributed by atoms with van der Waals surface area (Å²) in [6.07, 6.45) is 3.74. The molecule has 1 atom stereocenters. The molecular weight excluding hydrogens is 349 g/mol. The maximum Gasteiger partial charge on any atom is 0.0698 e. The summed E-state index contributed by atoms with van der Waals surface area (Å²) in [7, 11) is 0. The van der Waals surface area contributed by atoms with E-state index in [-0.39, 0.29) is 6.61 Å². The lowest BCUT2D eigenvalue weighted by Crippen LogP contribution is -2.27. The molecule has 1 unspecified atom stereocenters. The van der Waals surface area contributed by atoms with Crippen LogP contribution in [0.15, 0.2) is 6.07 Å². The van der Waals surface area contributed by atoms with Gasteiger partial charge in [0.05, 0.1) is 22.7 Å². The van der Waals surface area contributed by atoms with Crippen LogP contribution in [0.4, 0.5) is 0 Å². The molecule has 0 saturated heterocycles. The average Bonchev–Trinajstić information content (AvgIpc) is 2.70. The number of aliphatic hydroxyl groups excluding tert-OH is 1. The molecule has 0 aliphatic heterocycles. The fourth-order valence-electron chi connectivity index (χ4n) is 2.21. The summed E-state index contributed by atoms with van der Waals surface area (Å²) in [6, 6.07) is 2.81. The van der Waals surface area contributed by atoms with Crippen LogP contribution in [-0.4, -0.2) is 31.5 Å². The first-order valence-corrected chi connectivity index (χ1v) is 7.91. The van der Waals surface area contributed by atoms with Crippen LogP contribution >= 0.6 is 33.9 Å². The van der Waals surface area contributed by atoms with Gasteiger partial charge in [-0.2, -0.15) is 0 Å². The lowest BCUT2D eigenvalue weighted by Gasteiger charge is -2.23. The zero-order chi connectivity index (χ0) is 12.1. The minimum Gasteiger partial charge on any atom is -0.394 e. The van der Waals surface area contributed by atoms with Gasteiger partial charge in [-0.05, 0) is 53.5 Å². The molecule has 1 aromatic heterocycles. The standard InChI is InChI=1S/C12H18INO2S/c13-12-8-9-10(2-1-3-11(9)17-12)14-4-6-16-7-5-15/h8,10,14-15H,1-7H2. The monoisotopic (exact) mass is 367 g/mol. The van der Waals surface area contributed by atoms with Crippen LogP contribution < -0.4 is 5.32 Å². The number of ether oxygens (including phenoxy) is 1. The smallest absolute Gasteiger partial charge is 0.0698 e. The minimum atomic E-state index is 0.107. The predicted molar refractivity (Wildman–Crippen MR) is 78.6 cm³/mol. The molecule has 5 heteroatoms. The Kier molecular flexibility index (Phi) is 5.68. The van der Waals surface area contributed by atoms with Gasteiger partial charge in [0.2, 0.25) is 0 Å². The van der Waals surface area contributed by atoms with Gasteiger partial charge >= 0.3 is 0 Å². The molecule has 3 nitrogen and oxygen atoms in total. The minimum absolute atomic E-state index is 0.107. The van der Waals surface area contributed by atoms with Crippen molar-refractivity contribution in [3.8, 4) is 0 Å². The summed E-state index contributed by atoms with van der Waals surface area (Å²) in [5.74, 6) is 0. The first kappa shape index (κ1) is 13.7. The van der Waals surface area contributed by atoms with Crippen LogP contribution in [0.2, 0.25) is 0 Å². The van der Waals surface area contributed by atoms with Crippen LogP contribution in [0.25, 0.3) is 0 Å². The summed E-state index contributed by atoms with van der Waals surface area (Å²) in [5, 5.41) is 12.1. The van der Waals surface area contributed by atoms with Gasteiger partial charge in [-0.15, -0.1) is 11.3 Å². The van der Waals surface area contributed by atoms with Crippen molar-refractivity contribution in [2.75, 3.05) is 26.4 Å². The fraction of sp³-hybridized carbons (Fsp3) is 0.667. The van der Waals surface area contributed by atoms with Crippen LogP contribution in [0.5, 0.6) is 0 Å². The Morgan fingerprint density at radius 1 is 1.53 bits per heavy atom. The second-order valence-corrected chi connectivity index (χ2v) is 7.19. The van der Waals surface area contributed by atoms with Gasteiger partial charge in [-0.25, -0.2) is 0 Å². The maximum absolute atomic E-state index is 8.60. The summed E-state index contributed by atoms with van der Waals surface area (Å²) in [6.45, 7) is 2.08. The van der Waals surface area contributed by atoms with Crippen molar-refractivity contribution in [1.29, 1.82) is 0 Å². The van der Waals surface area contributed by atoms with Crippen molar-refractivity contribution >= 4 is 33.9 Å². The Morgan fingerprint density at radius 2 is 2.41 bits per heavy atom. The SMILES string of the molecule is OCCOCCNC1CCCc2sc(I)cc21. The Morgan fingerprint density at radius 3 is 3.24 bits per heavy atom. The van der Waals surface area contributed by atoms with Crippen LogP contribution in [0.1, 0.15) is 29.3 Å². The van der Waals surface area contributed by atoms with Gasteiger partial charge in [-0.1, -0.05) is 0 Å². The highest BCUT2D eigenvalue weighted by atomic mass is 127. The van der Waals surface area contributed by atoms with Gasteiger partial charge in [0.1, 0.15) is 0 Å². The van der Waals surface area contributed by atoms with Crippen molar-refractivity contribution in [3.63, 3.8) is 0 Å². The number of halogens is 1. The highest BCUT2D eigenvalue weighted by Crippen LogP contribution is 2.36. The van der Waals surface area contributed by atoms with Gasteiger partial charge in [0.25, 0.3) is 0 Å². The normalized spacial score (nSPS) is 19.3. The molecule has 1 aromatic rings. The first-order chi connectivity index (χ1) is 8.31. The van der Waals surface area contributed by atoms with E-state index in [9.17, 15) is 0 Å². The van der Waals surface area contributed by atoms with E-state index in [0.717, 1.165) is 6.54 Å². The molecule has 0 fully saturated rings. The number of hydrogen-bond donors (Lipinski definition) is 2. The zero-order valence-corrected chi connectivity index (χ0v) is 12.7. The van der Waals surface area contributed by atoms with Crippen molar-refractivity contribution in [1.82, 2.24) is 5.32 Å². The van der Waals surface area contributed by atoms with Crippen LogP contribution in [0.3, 0.4) is 0 Å². The van der Waals surface area contributed by atoms with Crippen molar-refractivity contribution in [3.05, 3.63) is 19.4 Å². The van der Waals surface area contributed by atoms with E-state index in [2.05, 4.69) is 34.0 Å². The van der Waals surface area contributed by atoms with E-state index in [1.807, 2.05) is 11.3 Å². The predicted octanol–water partition coefficient (Wildman–Crippen LogP) is 2.33. The van der Waals surface area contributed by atoms with Crippen molar-refractivity contribution in [2.24, 2.45) is 0 Å². The number of aliphatic hydroxyl groups is 1. The van der Waals surface area contributed by atoms with Gasteiger partial charge in [-0.3, -0.25) is 0 Å². The summed E-state index contributed by atoms with van der Waals surface area (Å²) in [4.78, 5) is 1.55. The molecular formula is C12H18INO2S. The van der Waals surface area contributed by atoms with Crippen molar-refractivity contribution < 1.29 is 9.84 Å². The lowest BCUT2D eigenvalue weighted by atomic mass is 9.94. The number of hydrogen-bond acceptors (Lipinski definition) is 4. The maximum atomic E-state index is 8.60. The molecule has 0 spiro atoms. The molecule has 17 heavy (non-hydrogen) atoms. The summed E-state index contributed by atoms with van der Waals surface area (Å²) in [5.41, 5.74) is 1.49. The number of nitrogens with one attached hydrogen (secondary N) is 1. The average molecular weight is 367 g/mol. The lowest BCUT2D eigenvalue weighted by molar-refractivity contribution is 0.0922. The molecule has 2 N–H and O–H groups in total. The van der Waals surface area contributed by atoms with E-state index in [1.54, 1.807) is 4.88 Å². The summed E-state index contributed by atoms with van der Waals surface area (Å²) < 4.78 is 6.64. The topological polar surface area (TPSA) is 41.5 Å². The molecule has 0 amide bonds. The molecule has 1 aliphatic carbocycles. The molecule has 0 saturated carbocycles. The molecule has 0 bridgehead atoms. The number of fused-ring (bicyclic) bond motifs is 1. The number of thiophene rings is 1. The van der Waals surface area contributed by atoms with Gasteiger partial charge < -0.3 is 15.2 Å². The third kappa shape index (κ3) is 3.89. The number of aryl methyl sites for hydroxylation is 1. The zero-order valence-electron chi connectivity index (χ0n) is 9.75. The molecule has 2 rings (SSSR count). The second kappa shape index (κ2) is 7.04. The molecule has 0 radical (unpaired) electrons. The Balaban J connectivity index is 1.82. The molecule has 1 heterocycles. The quantitative estimate of drug-likeness (QED) is 0.599. The fourth-order valence-corrected chi connectivity index (χ4v) is 4.32. The highest BCUT2D eigenvalue weighted by Gasteiger charge is 2.21. The molecule has 96 valence electrons. The largest absolute Gasteiger partial charge is 0.394 e. The second-order valence-electron chi connectivity index (χ2n) is 4.16. The van der Waals surface area contributed by atoms with Crippen LogP contribution in [-0.2, 0) is 11.2 Å². The Labute approximate surface area is 120 Å². The Hall–Kier alpha value is 0.310. The number of rotatable bonds is 6. The van der Waals surface area contributed by atoms with Gasteiger partial charge in [0.15, 0.2) is 0 Å². The van der Waals surface area contributed by atoms with E-state index >= 15 is 0 Å². The van der Waals surface area contributed by atoms with Crippen molar-refractivity contribution in [2.45, 2.75) is 25.3 Å². The third-order valence-electron chi connectivity index (χ3n) is 2.96. The van der Waals surface area contributed by atoms with E-state index in [0.29, 0.717) is 19.3 Å². The van der Waals surface area contributed by atoms with Gasteiger partial charge in [0, 0.05) is 17.5 Å². The van der Waals surface area contributed by atoms with E-state index in [1.165, 1.54) is 27.7 Å². The third-order valence-corrected chi connectivity index (χ3v) is 4.93. The van der Waals surface area contributed by atoms with E-state index in [4.69, 9.17) is 9.84 Å². The van der Waals surface area contributed by atoms with Crippen LogP contribution in [0, 0.1) is 2.88 Å². The summed E-state index contributed by atoms with van der Waals surface area (Å²) >= 11 is 4.33. The highest BCUT2D eigenvalue weighted by molar-refractivity contribution is 14.1. The van der Waals surface area contributed by atoms with E-state index < -0.39 is 0 Å². The molecule has 1 aliphatic rings. The molecule has 0 aromatic carbocycles. The first-order valence-electron chi connectivity index (χ1n) is 6.01. The Bertz CT molecular complexity index is 356.